The van der Waals surface area contributed by atoms with Crippen molar-refractivity contribution in [3.05, 3.63) is 10.6 Å². The fourth-order valence-electron chi connectivity index (χ4n) is 2.06. The Morgan fingerprint density at radius 1 is 1.33 bits per heavy atom. The largest absolute Gasteiger partial charge is 0.351 e. The van der Waals surface area contributed by atoms with Gasteiger partial charge in [-0.15, -0.1) is 11.3 Å². The highest BCUT2D eigenvalue weighted by atomic mass is 32.1. The topological polar surface area (TPSA) is 28.2 Å². The summed E-state index contributed by atoms with van der Waals surface area (Å²) in [6.45, 7) is 6.55. The minimum atomic E-state index is 0.776. The highest BCUT2D eigenvalue weighted by Crippen LogP contribution is 2.28. The van der Waals surface area contributed by atoms with Crippen molar-refractivity contribution in [1.82, 2.24) is 10.3 Å². The van der Waals surface area contributed by atoms with Gasteiger partial charge in [-0.25, -0.2) is 4.98 Å². The van der Waals surface area contributed by atoms with E-state index in [1.165, 1.54) is 41.4 Å². The number of nitrogens with zero attached hydrogens (tertiary/aromatic N) is 2. The second-order valence-corrected chi connectivity index (χ2v) is 6.26. The second-order valence-electron chi connectivity index (χ2n) is 5.19. The maximum atomic E-state index is 4.82. The highest BCUT2D eigenvalue weighted by molar-refractivity contribution is 7.15. The van der Waals surface area contributed by atoms with E-state index in [1.807, 2.05) is 11.3 Å². The van der Waals surface area contributed by atoms with Gasteiger partial charge in [0.25, 0.3) is 0 Å². The van der Waals surface area contributed by atoms with Crippen molar-refractivity contribution >= 4 is 16.5 Å². The van der Waals surface area contributed by atoms with E-state index in [4.69, 9.17) is 4.98 Å². The number of nitrogens with one attached hydrogen (secondary N) is 1. The Labute approximate surface area is 115 Å². The van der Waals surface area contributed by atoms with E-state index in [1.54, 1.807) is 0 Å². The van der Waals surface area contributed by atoms with E-state index in [0.717, 1.165) is 25.6 Å². The molecule has 0 bridgehead atoms. The first-order valence-corrected chi connectivity index (χ1v) is 7.99. The van der Waals surface area contributed by atoms with Crippen LogP contribution >= 0.6 is 11.3 Å². The van der Waals surface area contributed by atoms with Gasteiger partial charge >= 0.3 is 0 Å². The molecule has 1 aromatic heterocycles. The summed E-state index contributed by atoms with van der Waals surface area (Å²) in [6, 6.07) is 0.776. The molecular formula is C14H25N3S. The molecule has 18 heavy (non-hydrogen) atoms. The Kier molecular flexibility index (Phi) is 5.01. The minimum Gasteiger partial charge on any atom is -0.351 e. The highest BCUT2D eigenvalue weighted by Gasteiger charge is 2.21. The van der Waals surface area contributed by atoms with Crippen LogP contribution in [-0.4, -0.2) is 24.6 Å². The molecule has 1 aliphatic rings. The molecule has 3 nitrogen and oxygen atoms in total. The first kappa shape index (κ1) is 13.8. The van der Waals surface area contributed by atoms with Gasteiger partial charge in [0, 0.05) is 31.1 Å². The molecular weight excluding hydrogens is 242 g/mol. The van der Waals surface area contributed by atoms with Crippen molar-refractivity contribution in [2.24, 2.45) is 0 Å². The van der Waals surface area contributed by atoms with Gasteiger partial charge in [0.15, 0.2) is 5.13 Å². The number of thiazole rings is 1. The van der Waals surface area contributed by atoms with Crippen molar-refractivity contribution in [1.29, 1.82) is 0 Å². The van der Waals surface area contributed by atoms with Gasteiger partial charge in [-0.1, -0.05) is 20.3 Å². The van der Waals surface area contributed by atoms with Gasteiger partial charge in [0.1, 0.15) is 0 Å². The molecule has 1 heterocycles. The van der Waals surface area contributed by atoms with Crippen LogP contribution in [0, 0.1) is 0 Å². The number of aromatic nitrogens is 1. The van der Waals surface area contributed by atoms with Crippen LogP contribution < -0.4 is 10.2 Å². The van der Waals surface area contributed by atoms with E-state index >= 15 is 0 Å². The maximum Gasteiger partial charge on any atom is 0.185 e. The molecule has 1 aliphatic carbocycles. The van der Waals surface area contributed by atoms with Crippen molar-refractivity contribution in [2.75, 3.05) is 18.5 Å². The summed E-state index contributed by atoms with van der Waals surface area (Å²) in [5.41, 5.74) is 1.31. The van der Waals surface area contributed by atoms with Crippen LogP contribution in [-0.2, 0) is 13.0 Å². The Morgan fingerprint density at radius 3 is 2.72 bits per heavy atom. The fourth-order valence-corrected chi connectivity index (χ4v) is 3.10. The smallest absolute Gasteiger partial charge is 0.185 e. The Morgan fingerprint density at radius 2 is 2.11 bits per heavy atom. The average Bonchev–Trinajstić information content (AvgIpc) is 3.09. The summed E-state index contributed by atoms with van der Waals surface area (Å²) in [5, 5.41) is 4.80. The van der Waals surface area contributed by atoms with Crippen LogP contribution in [0.15, 0.2) is 0 Å². The molecule has 1 saturated carbocycles. The van der Waals surface area contributed by atoms with Crippen LogP contribution in [0.1, 0.15) is 50.1 Å². The summed E-state index contributed by atoms with van der Waals surface area (Å²) < 4.78 is 0. The molecule has 0 radical (unpaired) electrons. The number of anilines is 1. The fraction of sp³-hybridized carbons (Fsp3) is 0.786. The number of rotatable bonds is 8. The molecule has 0 amide bonds. The van der Waals surface area contributed by atoms with E-state index in [-0.39, 0.29) is 0 Å². The third-order valence-corrected chi connectivity index (χ3v) is 4.48. The van der Waals surface area contributed by atoms with E-state index in [2.05, 4.69) is 31.1 Å². The Balaban J connectivity index is 2.03. The van der Waals surface area contributed by atoms with E-state index in [0.29, 0.717) is 0 Å². The molecule has 1 N–H and O–H groups in total. The molecule has 102 valence electrons. The predicted octanol–water partition coefficient (Wildman–Crippen LogP) is 3.19. The summed E-state index contributed by atoms with van der Waals surface area (Å²) in [5.74, 6) is 0. The lowest BCUT2D eigenvalue weighted by Gasteiger charge is -2.13. The van der Waals surface area contributed by atoms with Crippen LogP contribution in [0.5, 0.6) is 0 Å². The van der Waals surface area contributed by atoms with Crippen molar-refractivity contribution < 1.29 is 0 Å². The van der Waals surface area contributed by atoms with Crippen molar-refractivity contribution in [2.45, 2.75) is 58.5 Å². The average molecular weight is 267 g/mol. The zero-order chi connectivity index (χ0) is 13.0. The quantitative estimate of drug-likeness (QED) is 0.784. The normalized spacial score (nSPS) is 15.1. The zero-order valence-electron chi connectivity index (χ0n) is 11.8. The third-order valence-electron chi connectivity index (χ3n) is 3.27. The van der Waals surface area contributed by atoms with Crippen LogP contribution in [0.4, 0.5) is 5.13 Å². The number of hydrogen-bond acceptors (Lipinski definition) is 4. The van der Waals surface area contributed by atoms with Gasteiger partial charge in [0.05, 0.1) is 5.69 Å². The molecule has 0 atom stereocenters. The van der Waals surface area contributed by atoms with Gasteiger partial charge in [-0.2, -0.15) is 0 Å². The third kappa shape index (κ3) is 3.69. The van der Waals surface area contributed by atoms with Gasteiger partial charge < -0.3 is 10.2 Å². The maximum absolute atomic E-state index is 4.82. The second kappa shape index (κ2) is 6.53. The molecule has 0 aliphatic heterocycles. The molecule has 0 aromatic carbocycles. The van der Waals surface area contributed by atoms with Crippen LogP contribution in [0.3, 0.4) is 0 Å². The minimum absolute atomic E-state index is 0.776. The van der Waals surface area contributed by atoms with Crippen LogP contribution in [0.2, 0.25) is 0 Å². The first-order valence-electron chi connectivity index (χ1n) is 7.17. The lowest BCUT2D eigenvalue weighted by Crippen LogP contribution is -2.17. The van der Waals surface area contributed by atoms with Gasteiger partial charge in [-0.3, -0.25) is 0 Å². The molecule has 4 heteroatoms. The van der Waals surface area contributed by atoms with Gasteiger partial charge in [0.2, 0.25) is 0 Å². The van der Waals surface area contributed by atoms with Gasteiger partial charge in [-0.05, 0) is 25.7 Å². The van der Waals surface area contributed by atoms with E-state index < -0.39 is 0 Å². The molecule has 2 rings (SSSR count). The first-order chi connectivity index (χ1) is 8.74. The van der Waals surface area contributed by atoms with Crippen molar-refractivity contribution in [3.8, 4) is 0 Å². The standard InChI is InChI=1S/C14H25N3S/c1-4-6-12-13(10-15-11-7-8-11)18-14(16-12)17(3)9-5-2/h11,15H,4-10H2,1-3H3. The van der Waals surface area contributed by atoms with Crippen LogP contribution in [0.25, 0.3) is 0 Å². The number of aryl methyl sites for hydroxylation is 1. The van der Waals surface area contributed by atoms with E-state index in [9.17, 15) is 0 Å². The monoisotopic (exact) mass is 267 g/mol. The summed E-state index contributed by atoms with van der Waals surface area (Å²) in [6.07, 6.45) is 6.17. The Bertz CT molecular complexity index is 371. The summed E-state index contributed by atoms with van der Waals surface area (Å²) in [4.78, 5) is 8.55. The zero-order valence-corrected chi connectivity index (χ0v) is 12.6. The molecule has 1 fully saturated rings. The SMILES string of the molecule is CCCc1nc(N(C)CCC)sc1CNC1CC1. The molecule has 0 unspecified atom stereocenters. The molecule has 1 aromatic rings. The molecule has 0 saturated heterocycles. The summed E-state index contributed by atoms with van der Waals surface area (Å²) in [7, 11) is 2.15. The summed E-state index contributed by atoms with van der Waals surface area (Å²) >= 11 is 1.87. The lowest BCUT2D eigenvalue weighted by molar-refractivity contribution is 0.686. The Hall–Kier alpha value is -0.610. The number of hydrogen-bond donors (Lipinski definition) is 1. The van der Waals surface area contributed by atoms with Crippen molar-refractivity contribution in [3.63, 3.8) is 0 Å². The predicted molar refractivity (Wildman–Crippen MR) is 79.5 cm³/mol. The molecule has 0 spiro atoms. The lowest BCUT2D eigenvalue weighted by atomic mass is 10.2.